The Morgan fingerprint density at radius 2 is 1.72 bits per heavy atom. The van der Waals surface area contributed by atoms with Gasteiger partial charge in [-0.05, 0) is 105 Å². The summed E-state index contributed by atoms with van der Waals surface area (Å²) < 4.78 is 0. The van der Waals surface area contributed by atoms with Crippen LogP contribution in [0.15, 0.2) is 36.4 Å². The van der Waals surface area contributed by atoms with Gasteiger partial charge in [-0.2, -0.15) is 0 Å². The monoisotopic (exact) mass is 492 g/mol. The predicted octanol–water partition coefficient (Wildman–Crippen LogP) is 4.30. The number of primary amides is 1. The SMILES string of the molecule is Cc1c(C(O)CNC(C)Cc2cccc(C(C(N)=O)C3C4CC5CC(C4)CC3C5)c2)ccc(O)c1O. The minimum absolute atomic E-state index is 0.0918. The first kappa shape index (κ1) is 25.1. The minimum Gasteiger partial charge on any atom is -0.504 e. The lowest BCUT2D eigenvalue weighted by molar-refractivity contribution is -0.126. The Bertz CT molecular complexity index is 1090. The van der Waals surface area contributed by atoms with Gasteiger partial charge < -0.3 is 26.4 Å². The third-order valence-electron chi connectivity index (χ3n) is 9.31. The molecule has 3 atom stereocenters. The predicted molar refractivity (Wildman–Crippen MR) is 140 cm³/mol. The van der Waals surface area contributed by atoms with Crippen LogP contribution in [0.4, 0.5) is 0 Å². The van der Waals surface area contributed by atoms with E-state index in [0.29, 0.717) is 35.4 Å². The van der Waals surface area contributed by atoms with Crippen LogP contribution in [-0.4, -0.2) is 33.8 Å². The van der Waals surface area contributed by atoms with Crippen molar-refractivity contribution in [1.82, 2.24) is 5.32 Å². The number of aliphatic hydroxyl groups excluding tert-OH is 1. The number of benzene rings is 2. The van der Waals surface area contributed by atoms with Crippen molar-refractivity contribution in [3.63, 3.8) is 0 Å². The fraction of sp³-hybridized carbons (Fsp3) is 0.567. The summed E-state index contributed by atoms with van der Waals surface area (Å²) in [6, 6.07) is 11.5. The van der Waals surface area contributed by atoms with Crippen LogP contribution in [0.2, 0.25) is 0 Å². The van der Waals surface area contributed by atoms with E-state index < -0.39 is 6.10 Å². The van der Waals surface area contributed by atoms with Gasteiger partial charge in [-0.15, -0.1) is 0 Å². The van der Waals surface area contributed by atoms with Gasteiger partial charge in [0.1, 0.15) is 0 Å². The number of aliphatic hydroxyl groups is 1. The molecule has 0 aromatic heterocycles. The maximum Gasteiger partial charge on any atom is 0.225 e. The summed E-state index contributed by atoms with van der Waals surface area (Å²) in [6.07, 6.45) is 6.41. The third kappa shape index (κ3) is 4.85. The zero-order valence-corrected chi connectivity index (χ0v) is 21.4. The van der Waals surface area contributed by atoms with Crippen LogP contribution >= 0.6 is 0 Å². The average Bonchev–Trinajstić information content (AvgIpc) is 2.83. The summed E-state index contributed by atoms with van der Waals surface area (Å²) >= 11 is 0. The smallest absolute Gasteiger partial charge is 0.225 e. The van der Waals surface area contributed by atoms with Crippen molar-refractivity contribution in [2.24, 2.45) is 35.3 Å². The molecule has 0 heterocycles. The van der Waals surface area contributed by atoms with Crippen molar-refractivity contribution < 1.29 is 20.1 Å². The summed E-state index contributed by atoms with van der Waals surface area (Å²) in [7, 11) is 0. The molecular formula is C30H40N2O4. The second-order valence-corrected chi connectivity index (χ2v) is 11.8. The molecule has 3 unspecified atom stereocenters. The molecule has 6 rings (SSSR count). The summed E-state index contributed by atoms with van der Waals surface area (Å²) in [5.41, 5.74) is 9.33. The topological polar surface area (TPSA) is 116 Å². The van der Waals surface area contributed by atoms with E-state index in [1.807, 2.05) is 6.07 Å². The third-order valence-corrected chi connectivity index (χ3v) is 9.31. The lowest BCUT2D eigenvalue weighted by atomic mass is 9.49. The van der Waals surface area contributed by atoms with Gasteiger partial charge in [-0.1, -0.05) is 30.3 Å². The Balaban J connectivity index is 1.24. The first-order valence-corrected chi connectivity index (χ1v) is 13.5. The number of carbonyl (C=O) groups excluding carboxylic acids is 1. The Hall–Kier alpha value is -2.57. The Morgan fingerprint density at radius 1 is 1.06 bits per heavy atom. The molecule has 2 aromatic rings. The van der Waals surface area contributed by atoms with Crippen LogP contribution in [-0.2, 0) is 11.2 Å². The molecule has 194 valence electrons. The molecule has 0 saturated heterocycles. The molecule has 4 aliphatic carbocycles. The number of nitrogens with one attached hydrogen (secondary N) is 1. The lowest BCUT2D eigenvalue weighted by Crippen LogP contribution is -2.49. The zero-order chi connectivity index (χ0) is 25.6. The maximum absolute atomic E-state index is 12.8. The molecule has 1 amide bonds. The summed E-state index contributed by atoms with van der Waals surface area (Å²) in [5, 5.41) is 33.6. The molecule has 2 aromatic carbocycles. The fourth-order valence-corrected chi connectivity index (χ4v) is 7.91. The molecule has 0 radical (unpaired) electrons. The molecule has 6 N–H and O–H groups in total. The van der Waals surface area contributed by atoms with E-state index in [1.54, 1.807) is 13.0 Å². The van der Waals surface area contributed by atoms with Gasteiger partial charge in [-0.25, -0.2) is 0 Å². The second kappa shape index (κ2) is 10.1. The average molecular weight is 493 g/mol. The lowest BCUT2D eigenvalue weighted by Gasteiger charge is -2.56. The summed E-state index contributed by atoms with van der Waals surface area (Å²) in [4.78, 5) is 12.8. The largest absolute Gasteiger partial charge is 0.504 e. The van der Waals surface area contributed by atoms with Crippen LogP contribution in [0.3, 0.4) is 0 Å². The van der Waals surface area contributed by atoms with Gasteiger partial charge in [0.05, 0.1) is 12.0 Å². The van der Waals surface area contributed by atoms with Crippen LogP contribution < -0.4 is 11.1 Å². The van der Waals surface area contributed by atoms with Crippen molar-refractivity contribution in [2.45, 2.75) is 70.4 Å². The van der Waals surface area contributed by atoms with E-state index in [-0.39, 0.29) is 29.4 Å². The van der Waals surface area contributed by atoms with Crippen molar-refractivity contribution in [2.75, 3.05) is 6.54 Å². The number of nitrogens with two attached hydrogens (primary N) is 1. The number of hydrogen-bond acceptors (Lipinski definition) is 5. The molecule has 4 saturated carbocycles. The second-order valence-electron chi connectivity index (χ2n) is 11.8. The van der Waals surface area contributed by atoms with Gasteiger partial charge >= 0.3 is 0 Å². The van der Waals surface area contributed by atoms with Crippen molar-refractivity contribution in [3.8, 4) is 11.5 Å². The van der Waals surface area contributed by atoms with Gasteiger partial charge in [0.25, 0.3) is 0 Å². The molecule has 4 aliphatic rings. The molecule has 0 spiro atoms. The van der Waals surface area contributed by atoms with E-state index in [0.717, 1.165) is 29.4 Å². The summed E-state index contributed by atoms with van der Waals surface area (Å²) in [5.74, 6) is 2.58. The highest BCUT2D eigenvalue weighted by Gasteiger charge is 2.51. The number of carbonyl (C=O) groups is 1. The molecular weight excluding hydrogens is 452 g/mol. The van der Waals surface area contributed by atoms with E-state index in [2.05, 4.69) is 30.4 Å². The van der Waals surface area contributed by atoms with Crippen LogP contribution in [0, 0.1) is 36.5 Å². The van der Waals surface area contributed by atoms with Crippen LogP contribution in [0.5, 0.6) is 11.5 Å². The standard InChI is InChI=1S/C30H40N2O4/c1-16(32-15-26(34)24-6-7-25(33)29(35)17(24)2)8-18-4-3-5-21(10-18)28(30(31)36)27-22-11-19-9-20(13-22)14-23(27)12-19/h3-7,10,16,19-20,22-23,26-28,32-35H,8-9,11-15H2,1-2H3,(H2,31,36). The van der Waals surface area contributed by atoms with Crippen molar-refractivity contribution in [1.29, 1.82) is 0 Å². The van der Waals surface area contributed by atoms with Gasteiger partial charge in [0, 0.05) is 18.2 Å². The molecule has 6 nitrogen and oxygen atoms in total. The first-order valence-electron chi connectivity index (χ1n) is 13.5. The zero-order valence-electron chi connectivity index (χ0n) is 21.4. The Kier molecular flexibility index (Phi) is 7.01. The molecule has 4 fully saturated rings. The number of amides is 1. The van der Waals surface area contributed by atoms with Gasteiger partial charge in [0.15, 0.2) is 11.5 Å². The molecule has 4 bridgehead atoms. The van der Waals surface area contributed by atoms with E-state index in [9.17, 15) is 20.1 Å². The number of phenolic OH excluding ortho intramolecular Hbond substituents is 2. The van der Waals surface area contributed by atoms with Gasteiger partial charge in [0.2, 0.25) is 5.91 Å². The number of hydrogen-bond donors (Lipinski definition) is 5. The van der Waals surface area contributed by atoms with Crippen molar-refractivity contribution in [3.05, 3.63) is 58.7 Å². The minimum atomic E-state index is -0.804. The number of aromatic hydroxyl groups is 2. The highest BCUT2D eigenvalue weighted by molar-refractivity contribution is 5.82. The number of phenols is 2. The maximum atomic E-state index is 12.8. The number of rotatable bonds is 9. The van der Waals surface area contributed by atoms with E-state index in [1.165, 1.54) is 38.2 Å². The Labute approximate surface area is 213 Å². The van der Waals surface area contributed by atoms with Crippen molar-refractivity contribution >= 4 is 5.91 Å². The highest BCUT2D eigenvalue weighted by atomic mass is 16.3. The quantitative estimate of drug-likeness (QED) is 0.335. The summed E-state index contributed by atoms with van der Waals surface area (Å²) in [6.45, 7) is 4.08. The van der Waals surface area contributed by atoms with E-state index in [4.69, 9.17) is 5.73 Å². The first-order chi connectivity index (χ1) is 17.2. The molecule has 6 heteroatoms. The fourth-order valence-electron chi connectivity index (χ4n) is 7.91. The van der Waals surface area contributed by atoms with Gasteiger partial charge in [-0.3, -0.25) is 4.79 Å². The van der Waals surface area contributed by atoms with Crippen LogP contribution in [0.25, 0.3) is 0 Å². The molecule has 36 heavy (non-hydrogen) atoms. The highest BCUT2D eigenvalue weighted by Crippen LogP contribution is 2.59. The molecule has 0 aliphatic heterocycles. The Morgan fingerprint density at radius 3 is 2.36 bits per heavy atom. The normalized spacial score (nSPS) is 29.1. The van der Waals surface area contributed by atoms with Crippen LogP contribution in [0.1, 0.15) is 73.3 Å². The van der Waals surface area contributed by atoms with E-state index >= 15 is 0 Å².